The second-order valence-corrected chi connectivity index (χ2v) is 8.73. The third kappa shape index (κ3) is 8.63. The van der Waals surface area contributed by atoms with Gasteiger partial charge in [-0.15, -0.1) is 0 Å². The molecule has 2 bridgehead atoms. The van der Waals surface area contributed by atoms with Crippen LogP contribution in [-0.2, 0) is 19.1 Å². The van der Waals surface area contributed by atoms with E-state index in [0.29, 0.717) is 13.0 Å². The van der Waals surface area contributed by atoms with E-state index in [1.54, 1.807) is 7.05 Å². The average Bonchev–Trinajstić information content (AvgIpc) is 3.38. The van der Waals surface area contributed by atoms with Gasteiger partial charge in [0, 0.05) is 25.9 Å². The molecule has 31 heavy (non-hydrogen) atoms. The minimum absolute atomic E-state index is 0.0294. The van der Waals surface area contributed by atoms with Crippen LogP contribution >= 0.6 is 0 Å². The van der Waals surface area contributed by atoms with Crippen LogP contribution in [0.25, 0.3) is 0 Å². The number of ether oxygens (including phenoxy) is 1. The molecule has 2 fully saturated rings. The quantitative estimate of drug-likeness (QED) is 0.272. The van der Waals surface area contributed by atoms with Gasteiger partial charge in [0.1, 0.15) is 0 Å². The van der Waals surface area contributed by atoms with Gasteiger partial charge in [0.05, 0.1) is 24.7 Å². The minimum atomic E-state index is -0.184. The highest BCUT2D eigenvalue weighted by Gasteiger charge is 2.51. The number of amides is 3. The molecule has 0 aliphatic carbocycles. The highest BCUT2D eigenvalue weighted by molar-refractivity contribution is 5.86. The molecule has 2 rings (SSSR count). The summed E-state index contributed by atoms with van der Waals surface area (Å²) in [6.07, 6.45) is 15.0. The van der Waals surface area contributed by atoms with Crippen molar-refractivity contribution < 1.29 is 19.1 Å². The first-order valence-electron chi connectivity index (χ1n) is 12.1. The number of allylic oxidation sites excluding steroid dienone is 2. The molecule has 176 valence electrons. The second kappa shape index (κ2) is 14.2. The molecule has 0 aromatic carbocycles. The molecule has 3 N–H and O–H groups in total. The first kappa shape index (κ1) is 25.4. The normalized spacial score (nSPS) is 24.5. The predicted octanol–water partition coefficient (Wildman–Crippen LogP) is 2.85. The van der Waals surface area contributed by atoms with E-state index < -0.39 is 0 Å². The van der Waals surface area contributed by atoms with E-state index in [0.717, 1.165) is 44.9 Å². The number of rotatable bonds is 15. The molecule has 0 aromatic heterocycles. The number of fused-ring (bicyclic) bond motifs is 2. The van der Waals surface area contributed by atoms with Crippen LogP contribution in [0.1, 0.15) is 77.6 Å². The summed E-state index contributed by atoms with van der Waals surface area (Å²) in [4.78, 5) is 36.1. The molecule has 0 aromatic rings. The van der Waals surface area contributed by atoms with E-state index in [1.165, 1.54) is 19.3 Å². The highest BCUT2D eigenvalue weighted by Crippen LogP contribution is 2.45. The topological polar surface area (TPSA) is 96.5 Å². The van der Waals surface area contributed by atoms with Gasteiger partial charge in [0.25, 0.3) is 0 Å². The number of hydrogen-bond acceptors (Lipinski definition) is 4. The molecular weight excluding hydrogens is 394 g/mol. The van der Waals surface area contributed by atoms with Crippen molar-refractivity contribution in [2.45, 2.75) is 89.8 Å². The summed E-state index contributed by atoms with van der Waals surface area (Å²) in [6.45, 7) is 2.88. The van der Waals surface area contributed by atoms with Crippen molar-refractivity contribution in [3.63, 3.8) is 0 Å². The Morgan fingerprint density at radius 2 is 1.71 bits per heavy atom. The minimum Gasteiger partial charge on any atom is -0.374 e. The van der Waals surface area contributed by atoms with Gasteiger partial charge in [0.2, 0.25) is 17.7 Å². The monoisotopic (exact) mass is 435 g/mol. The first-order chi connectivity index (χ1) is 15.1. The van der Waals surface area contributed by atoms with Gasteiger partial charge in [-0.05, 0) is 38.5 Å². The van der Waals surface area contributed by atoms with Crippen molar-refractivity contribution in [1.82, 2.24) is 16.0 Å². The molecule has 7 heteroatoms. The SMILES string of the molecule is CCCCCCCNC(=O)CNC(=O)[C@H]1[C@@H](CC=CCCCC(=O)NC)[C@H]2CC[C@@H]1O2. The van der Waals surface area contributed by atoms with Gasteiger partial charge in [-0.1, -0.05) is 44.8 Å². The largest absolute Gasteiger partial charge is 0.374 e. The van der Waals surface area contributed by atoms with E-state index in [2.05, 4.69) is 35.0 Å². The number of hydrogen-bond donors (Lipinski definition) is 3. The predicted molar refractivity (Wildman–Crippen MR) is 121 cm³/mol. The van der Waals surface area contributed by atoms with Gasteiger partial charge < -0.3 is 20.7 Å². The van der Waals surface area contributed by atoms with Gasteiger partial charge in [-0.25, -0.2) is 0 Å². The molecule has 2 saturated heterocycles. The third-order valence-corrected chi connectivity index (χ3v) is 6.38. The summed E-state index contributed by atoms with van der Waals surface area (Å²) in [5.74, 6) is -0.150. The Morgan fingerprint density at radius 3 is 2.48 bits per heavy atom. The van der Waals surface area contributed by atoms with E-state index in [4.69, 9.17) is 4.74 Å². The van der Waals surface area contributed by atoms with E-state index >= 15 is 0 Å². The fourth-order valence-corrected chi connectivity index (χ4v) is 4.62. The fourth-order valence-electron chi connectivity index (χ4n) is 4.62. The third-order valence-electron chi connectivity index (χ3n) is 6.38. The van der Waals surface area contributed by atoms with Crippen LogP contribution in [0.3, 0.4) is 0 Å². The van der Waals surface area contributed by atoms with Gasteiger partial charge in [0.15, 0.2) is 0 Å². The maximum Gasteiger partial charge on any atom is 0.239 e. The number of nitrogens with one attached hydrogen (secondary N) is 3. The molecule has 0 radical (unpaired) electrons. The van der Waals surface area contributed by atoms with Crippen molar-refractivity contribution in [1.29, 1.82) is 0 Å². The molecule has 3 amide bonds. The Bertz CT molecular complexity index is 608. The van der Waals surface area contributed by atoms with Crippen molar-refractivity contribution in [2.24, 2.45) is 11.8 Å². The molecule has 0 unspecified atom stereocenters. The maximum absolute atomic E-state index is 12.8. The Balaban J connectivity index is 1.68. The van der Waals surface area contributed by atoms with E-state index in [1.807, 2.05) is 0 Å². The molecule has 2 aliphatic heterocycles. The summed E-state index contributed by atoms with van der Waals surface area (Å²) < 4.78 is 6.01. The summed E-state index contributed by atoms with van der Waals surface area (Å²) >= 11 is 0. The van der Waals surface area contributed by atoms with Crippen molar-refractivity contribution in [2.75, 3.05) is 20.1 Å². The number of carbonyl (C=O) groups excluding carboxylic acids is 3. The smallest absolute Gasteiger partial charge is 0.239 e. The van der Waals surface area contributed by atoms with E-state index in [9.17, 15) is 14.4 Å². The molecular formula is C24H41N3O4. The summed E-state index contributed by atoms with van der Waals surface area (Å²) in [6, 6.07) is 0. The standard InChI is InChI=1S/C24H41N3O4/c1-3-4-5-8-11-16-26-22(29)17-27-24(30)23-18(19-14-15-20(23)31-19)12-9-6-7-10-13-21(28)25-2/h6,9,18-20,23H,3-5,7-8,10-17H2,1-2H3,(H,25,28)(H,26,29)(H,27,30)/t18-,19+,20-,23-/m0/s1. The molecule has 7 nitrogen and oxygen atoms in total. The Labute approximate surface area is 187 Å². The molecule has 0 saturated carbocycles. The van der Waals surface area contributed by atoms with Crippen LogP contribution in [0.2, 0.25) is 0 Å². The lowest BCUT2D eigenvalue weighted by atomic mass is 9.77. The first-order valence-corrected chi connectivity index (χ1v) is 12.1. The van der Waals surface area contributed by atoms with Crippen LogP contribution in [0.5, 0.6) is 0 Å². The number of carbonyl (C=O) groups is 3. The maximum atomic E-state index is 12.8. The Kier molecular flexibility index (Phi) is 11.6. The summed E-state index contributed by atoms with van der Waals surface area (Å²) in [5, 5.41) is 8.35. The van der Waals surface area contributed by atoms with Crippen LogP contribution in [0, 0.1) is 11.8 Å². The Morgan fingerprint density at radius 1 is 0.935 bits per heavy atom. The molecule has 4 atom stereocenters. The molecule has 2 aliphatic rings. The van der Waals surface area contributed by atoms with Crippen molar-refractivity contribution >= 4 is 17.7 Å². The Hall–Kier alpha value is -1.89. The van der Waals surface area contributed by atoms with Crippen molar-refractivity contribution in [3.8, 4) is 0 Å². The van der Waals surface area contributed by atoms with Crippen LogP contribution < -0.4 is 16.0 Å². The van der Waals surface area contributed by atoms with Crippen LogP contribution in [0.4, 0.5) is 0 Å². The molecule has 0 spiro atoms. The fraction of sp³-hybridized carbons (Fsp3) is 0.792. The second-order valence-electron chi connectivity index (χ2n) is 8.73. The van der Waals surface area contributed by atoms with Gasteiger partial charge >= 0.3 is 0 Å². The lowest BCUT2D eigenvalue weighted by Crippen LogP contribution is -2.44. The lowest BCUT2D eigenvalue weighted by molar-refractivity contribution is -0.130. The van der Waals surface area contributed by atoms with Crippen LogP contribution in [-0.4, -0.2) is 50.1 Å². The van der Waals surface area contributed by atoms with E-state index in [-0.39, 0.29) is 48.3 Å². The lowest BCUT2D eigenvalue weighted by Gasteiger charge is -2.26. The summed E-state index contributed by atoms with van der Waals surface area (Å²) in [7, 11) is 1.65. The van der Waals surface area contributed by atoms with Crippen molar-refractivity contribution in [3.05, 3.63) is 12.2 Å². The molecule has 2 heterocycles. The zero-order valence-electron chi connectivity index (χ0n) is 19.3. The summed E-state index contributed by atoms with van der Waals surface area (Å²) in [5.41, 5.74) is 0. The number of unbranched alkanes of at least 4 members (excludes halogenated alkanes) is 5. The van der Waals surface area contributed by atoms with Gasteiger partial charge in [-0.2, -0.15) is 0 Å². The van der Waals surface area contributed by atoms with Gasteiger partial charge in [-0.3, -0.25) is 14.4 Å². The zero-order valence-corrected chi connectivity index (χ0v) is 19.3. The van der Waals surface area contributed by atoms with Crippen LogP contribution in [0.15, 0.2) is 12.2 Å². The zero-order chi connectivity index (χ0) is 22.5. The average molecular weight is 436 g/mol. The highest BCUT2D eigenvalue weighted by atomic mass is 16.5.